The van der Waals surface area contributed by atoms with Crippen molar-refractivity contribution in [3.8, 4) is 11.3 Å². The van der Waals surface area contributed by atoms with Crippen molar-refractivity contribution in [1.29, 1.82) is 0 Å². The number of pyridine rings is 1. The van der Waals surface area contributed by atoms with Gasteiger partial charge >= 0.3 is 0 Å². The summed E-state index contributed by atoms with van der Waals surface area (Å²) >= 11 is 0. The van der Waals surface area contributed by atoms with Gasteiger partial charge in [-0.25, -0.2) is 4.98 Å². The monoisotopic (exact) mass is 405 g/mol. The maximum Gasteiger partial charge on any atom is 0.157 e. The average Bonchev–Trinajstić information content (AvgIpc) is 3.14. The lowest BCUT2D eigenvalue weighted by Crippen LogP contribution is -2.01. The molecule has 3 heteroatoms. The number of aromatic nitrogens is 2. The van der Waals surface area contributed by atoms with Crippen LogP contribution in [0, 0.1) is 34.6 Å². The van der Waals surface area contributed by atoms with Gasteiger partial charge in [-0.05, 0) is 56.7 Å². The van der Waals surface area contributed by atoms with Gasteiger partial charge in [0.05, 0.1) is 5.69 Å². The van der Waals surface area contributed by atoms with Gasteiger partial charge in [-0.2, -0.15) is 0 Å². The molecule has 0 spiro atoms. The molecule has 3 aromatic carbocycles. The van der Waals surface area contributed by atoms with Crippen molar-refractivity contribution in [3.05, 3.63) is 94.7 Å². The number of hydrogen-bond donors (Lipinski definition) is 1. The molecule has 0 aliphatic rings. The van der Waals surface area contributed by atoms with E-state index in [0.29, 0.717) is 0 Å². The van der Waals surface area contributed by atoms with Crippen LogP contribution in [0.25, 0.3) is 27.7 Å². The molecular weight excluding hydrogens is 378 g/mol. The molecular formula is C28H27N3. The Labute approximate surface area is 183 Å². The Kier molecular flexibility index (Phi) is 4.55. The van der Waals surface area contributed by atoms with E-state index < -0.39 is 0 Å². The summed E-state index contributed by atoms with van der Waals surface area (Å²) in [6.45, 7) is 10.8. The Morgan fingerprint density at radius 1 is 0.742 bits per heavy atom. The van der Waals surface area contributed by atoms with Crippen LogP contribution in [0.15, 0.2) is 66.7 Å². The third-order valence-electron chi connectivity index (χ3n) is 6.30. The number of fused-ring (bicyclic) bond motifs is 3. The molecule has 0 atom stereocenters. The molecule has 1 N–H and O–H groups in total. The van der Waals surface area contributed by atoms with Gasteiger partial charge in [-0.3, -0.25) is 4.40 Å². The highest BCUT2D eigenvalue weighted by molar-refractivity contribution is 5.99. The van der Waals surface area contributed by atoms with Crippen LogP contribution in [-0.2, 0) is 0 Å². The number of nitrogens with one attached hydrogen (secondary N) is 1. The van der Waals surface area contributed by atoms with Crippen molar-refractivity contribution in [2.24, 2.45) is 0 Å². The molecule has 0 fully saturated rings. The first-order chi connectivity index (χ1) is 15.0. The van der Waals surface area contributed by atoms with Gasteiger partial charge in [-0.1, -0.05) is 72.3 Å². The first kappa shape index (κ1) is 19.4. The van der Waals surface area contributed by atoms with E-state index in [1.807, 2.05) is 0 Å². The van der Waals surface area contributed by atoms with E-state index >= 15 is 0 Å². The molecule has 2 aromatic heterocycles. The van der Waals surface area contributed by atoms with E-state index in [4.69, 9.17) is 4.98 Å². The highest BCUT2D eigenvalue weighted by Gasteiger charge is 2.20. The van der Waals surface area contributed by atoms with Crippen LogP contribution in [0.4, 0.5) is 11.5 Å². The fraction of sp³-hybridized carbons (Fsp3) is 0.179. The summed E-state index contributed by atoms with van der Waals surface area (Å²) < 4.78 is 2.31. The molecule has 0 aliphatic carbocycles. The van der Waals surface area contributed by atoms with E-state index in [-0.39, 0.29) is 0 Å². The van der Waals surface area contributed by atoms with Gasteiger partial charge in [0.1, 0.15) is 5.65 Å². The molecule has 0 bridgehead atoms. The number of aryl methyl sites for hydroxylation is 5. The number of nitrogens with zero attached hydrogens (tertiary/aromatic N) is 2. The fourth-order valence-electron chi connectivity index (χ4n) is 4.74. The SMILES string of the molecule is Cc1cc(C)c(Nc2nc3c4ccccc4c(C)c(C)n3c2-c2ccccc2)c(C)c1. The Hall–Kier alpha value is -3.59. The molecule has 2 heterocycles. The standard InChI is InChI=1S/C28H27N3/c1-17-15-18(2)25(19(3)16-17)29-27-26(22-11-7-6-8-12-22)31-21(5)20(4)23-13-9-10-14-24(23)28(31)30-27/h6-16,29H,1-5H3. The minimum absolute atomic E-state index is 0.889. The zero-order valence-electron chi connectivity index (χ0n) is 18.7. The summed E-state index contributed by atoms with van der Waals surface area (Å²) in [5.41, 5.74) is 10.6. The van der Waals surface area contributed by atoms with Crippen LogP contribution in [0.5, 0.6) is 0 Å². The van der Waals surface area contributed by atoms with Crippen molar-refractivity contribution >= 4 is 27.9 Å². The van der Waals surface area contributed by atoms with E-state index in [1.165, 1.54) is 38.7 Å². The molecule has 5 aromatic rings. The van der Waals surface area contributed by atoms with Crippen LogP contribution in [0.1, 0.15) is 27.9 Å². The van der Waals surface area contributed by atoms with Crippen LogP contribution >= 0.6 is 0 Å². The zero-order valence-corrected chi connectivity index (χ0v) is 18.7. The molecule has 3 nitrogen and oxygen atoms in total. The number of imidazole rings is 1. The molecule has 31 heavy (non-hydrogen) atoms. The largest absolute Gasteiger partial charge is 0.338 e. The van der Waals surface area contributed by atoms with Gasteiger partial charge in [0, 0.05) is 22.3 Å². The first-order valence-corrected chi connectivity index (χ1v) is 10.8. The molecule has 0 saturated carbocycles. The first-order valence-electron chi connectivity index (χ1n) is 10.8. The minimum atomic E-state index is 0.889. The lowest BCUT2D eigenvalue weighted by atomic mass is 10.0. The van der Waals surface area contributed by atoms with Gasteiger partial charge in [0.15, 0.2) is 5.82 Å². The van der Waals surface area contributed by atoms with Crippen LogP contribution in [0.2, 0.25) is 0 Å². The van der Waals surface area contributed by atoms with Crippen LogP contribution in [0.3, 0.4) is 0 Å². The average molecular weight is 406 g/mol. The summed E-state index contributed by atoms with van der Waals surface area (Å²) in [6.07, 6.45) is 0. The van der Waals surface area contributed by atoms with E-state index in [0.717, 1.165) is 28.4 Å². The quantitative estimate of drug-likeness (QED) is 0.338. The molecule has 0 amide bonds. The Balaban J connectivity index is 1.87. The Bertz CT molecular complexity index is 1420. The van der Waals surface area contributed by atoms with Crippen molar-refractivity contribution in [2.45, 2.75) is 34.6 Å². The van der Waals surface area contributed by atoms with Gasteiger partial charge in [0.25, 0.3) is 0 Å². The van der Waals surface area contributed by atoms with Crippen LogP contribution < -0.4 is 5.32 Å². The summed E-state index contributed by atoms with van der Waals surface area (Å²) in [4.78, 5) is 5.17. The molecule has 0 unspecified atom stereocenters. The van der Waals surface area contributed by atoms with Gasteiger partial charge in [0.2, 0.25) is 0 Å². The van der Waals surface area contributed by atoms with E-state index in [2.05, 4.69) is 111 Å². The lowest BCUT2D eigenvalue weighted by molar-refractivity contribution is 1.08. The van der Waals surface area contributed by atoms with Crippen molar-refractivity contribution < 1.29 is 0 Å². The van der Waals surface area contributed by atoms with E-state index in [1.54, 1.807) is 0 Å². The second-order valence-electron chi connectivity index (χ2n) is 8.49. The number of benzene rings is 3. The van der Waals surface area contributed by atoms with Crippen molar-refractivity contribution in [1.82, 2.24) is 9.38 Å². The fourth-order valence-corrected chi connectivity index (χ4v) is 4.74. The summed E-state index contributed by atoms with van der Waals surface area (Å²) in [5, 5.41) is 6.13. The Morgan fingerprint density at radius 3 is 2.03 bits per heavy atom. The molecule has 5 rings (SSSR count). The topological polar surface area (TPSA) is 29.3 Å². The maximum atomic E-state index is 5.17. The minimum Gasteiger partial charge on any atom is -0.338 e. The third-order valence-corrected chi connectivity index (χ3v) is 6.30. The van der Waals surface area contributed by atoms with Crippen molar-refractivity contribution in [3.63, 3.8) is 0 Å². The summed E-state index contributed by atoms with van der Waals surface area (Å²) in [5.74, 6) is 0.889. The normalized spacial score (nSPS) is 11.4. The predicted molar refractivity (Wildman–Crippen MR) is 132 cm³/mol. The third kappa shape index (κ3) is 3.09. The summed E-state index contributed by atoms with van der Waals surface area (Å²) in [6, 6.07) is 23.5. The second kappa shape index (κ2) is 7.28. The number of anilines is 2. The second-order valence-corrected chi connectivity index (χ2v) is 8.49. The predicted octanol–water partition coefficient (Wildman–Crippen LogP) is 7.44. The summed E-state index contributed by atoms with van der Waals surface area (Å²) in [7, 11) is 0. The Morgan fingerprint density at radius 2 is 1.35 bits per heavy atom. The number of hydrogen-bond acceptors (Lipinski definition) is 2. The molecule has 154 valence electrons. The highest BCUT2D eigenvalue weighted by Crippen LogP contribution is 2.37. The smallest absolute Gasteiger partial charge is 0.157 e. The lowest BCUT2D eigenvalue weighted by Gasteiger charge is -2.15. The highest BCUT2D eigenvalue weighted by atomic mass is 15.1. The zero-order chi connectivity index (χ0) is 21.7. The molecule has 0 aliphatic heterocycles. The molecule has 0 radical (unpaired) electrons. The van der Waals surface area contributed by atoms with Crippen LogP contribution in [-0.4, -0.2) is 9.38 Å². The van der Waals surface area contributed by atoms with E-state index in [9.17, 15) is 0 Å². The molecule has 0 saturated heterocycles. The van der Waals surface area contributed by atoms with Gasteiger partial charge < -0.3 is 5.32 Å². The maximum absolute atomic E-state index is 5.17. The van der Waals surface area contributed by atoms with Crippen molar-refractivity contribution in [2.75, 3.05) is 5.32 Å². The van der Waals surface area contributed by atoms with Gasteiger partial charge in [-0.15, -0.1) is 0 Å². The number of rotatable bonds is 3.